The molecular weight excluding hydrogens is 476 g/mol. The molecule has 1 N–H and O–H groups in total. The minimum atomic E-state index is -1.17. The maximum atomic E-state index is 12.8. The molecule has 0 aromatic carbocycles. The Morgan fingerprint density at radius 1 is 1.16 bits per heavy atom. The number of esters is 2. The Morgan fingerprint density at radius 3 is 2.25 bits per heavy atom. The summed E-state index contributed by atoms with van der Waals surface area (Å²) in [6.07, 6.45) is -1.26. The number of likely N-dealkylation sites (N-methyl/N-ethyl adjacent to an activating group) is 2. The van der Waals surface area contributed by atoms with Gasteiger partial charge < -0.3 is 14.6 Å². The molecule has 0 spiro atoms. The molecule has 32 heavy (non-hydrogen) atoms. The number of hydrogen-bond acceptors (Lipinski definition) is 10. The Balaban J connectivity index is 1.94. The molecular formula is C20H24N2O7S3. The molecule has 174 valence electrons. The molecule has 2 aliphatic heterocycles. The maximum absolute atomic E-state index is 12.8. The molecule has 0 aromatic rings. The Hall–Kier alpha value is -2.15. The van der Waals surface area contributed by atoms with E-state index in [1.54, 1.807) is 19.3 Å². The highest BCUT2D eigenvalue weighted by molar-refractivity contribution is 8.28. The van der Waals surface area contributed by atoms with Crippen LogP contribution < -0.4 is 0 Å². The van der Waals surface area contributed by atoms with Crippen molar-refractivity contribution >= 4 is 64.6 Å². The number of aliphatic hydroxyl groups is 1. The smallest absolute Gasteiger partial charge is 0.333 e. The molecule has 0 radical (unpaired) electrons. The van der Waals surface area contributed by atoms with Crippen LogP contribution in [-0.2, 0) is 28.7 Å². The molecule has 12 heteroatoms. The van der Waals surface area contributed by atoms with Gasteiger partial charge in [0.15, 0.2) is 5.11 Å². The third kappa shape index (κ3) is 6.21. The molecule has 0 bridgehead atoms. The number of carbonyl (C=O) groups is 4. The van der Waals surface area contributed by atoms with Gasteiger partial charge in [-0.3, -0.25) is 24.2 Å². The summed E-state index contributed by atoms with van der Waals surface area (Å²) in [6.45, 7) is 8.47. The largest absolute Gasteiger partial charge is 0.463 e. The van der Waals surface area contributed by atoms with Gasteiger partial charge in [0.2, 0.25) is 0 Å². The summed E-state index contributed by atoms with van der Waals surface area (Å²) in [6, 6.07) is 0. The second-order valence-corrected chi connectivity index (χ2v) is 9.38. The highest BCUT2D eigenvalue weighted by Gasteiger charge is 2.41. The van der Waals surface area contributed by atoms with E-state index in [1.165, 1.54) is 28.5 Å². The number of nitrogens with zero attached hydrogens (tertiary/aromatic N) is 2. The van der Waals surface area contributed by atoms with E-state index in [1.807, 2.05) is 0 Å². The van der Waals surface area contributed by atoms with E-state index < -0.39 is 29.9 Å². The summed E-state index contributed by atoms with van der Waals surface area (Å²) < 4.78 is 10.3. The Kier molecular flexibility index (Phi) is 9.49. The molecule has 1 atom stereocenters. The van der Waals surface area contributed by atoms with Crippen LogP contribution in [0.2, 0.25) is 0 Å². The second-order valence-electron chi connectivity index (χ2n) is 6.74. The Morgan fingerprint density at radius 2 is 1.72 bits per heavy atom. The number of rotatable bonds is 9. The quantitative estimate of drug-likeness (QED) is 0.218. The number of aliphatic hydroxyl groups excluding tert-OH is 1. The van der Waals surface area contributed by atoms with Crippen molar-refractivity contribution in [3.63, 3.8) is 0 Å². The fraction of sp³-hybridized carbons (Fsp3) is 0.450. The maximum Gasteiger partial charge on any atom is 0.333 e. The highest BCUT2D eigenvalue weighted by Crippen LogP contribution is 2.47. The zero-order valence-corrected chi connectivity index (χ0v) is 20.4. The number of amides is 2. The van der Waals surface area contributed by atoms with E-state index in [0.717, 1.165) is 11.8 Å². The van der Waals surface area contributed by atoms with Gasteiger partial charge >= 0.3 is 11.9 Å². The van der Waals surface area contributed by atoms with Crippen molar-refractivity contribution in [3.05, 3.63) is 32.3 Å². The van der Waals surface area contributed by atoms with E-state index in [0.29, 0.717) is 22.2 Å². The lowest BCUT2D eigenvalue weighted by Gasteiger charge is -2.35. The van der Waals surface area contributed by atoms with E-state index in [-0.39, 0.29) is 35.9 Å². The summed E-state index contributed by atoms with van der Waals surface area (Å²) in [4.78, 5) is 52.4. The average Bonchev–Trinajstić information content (AvgIpc) is 3.18. The van der Waals surface area contributed by atoms with Crippen LogP contribution in [0.3, 0.4) is 0 Å². The van der Waals surface area contributed by atoms with Crippen molar-refractivity contribution in [3.8, 4) is 0 Å². The molecule has 2 aliphatic rings. The zero-order chi connectivity index (χ0) is 24.0. The monoisotopic (exact) mass is 500 g/mol. The molecule has 0 aromatic heterocycles. The van der Waals surface area contributed by atoms with Gasteiger partial charge in [-0.05, 0) is 38.4 Å². The number of ether oxygens (including phenoxy) is 2. The lowest BCUT2D eigenvalue weighted by atomic mass is 10.2. The van der Waals surface area contributed by atoms with Crippen molar-refractivity contribution in [2.24, 2.45) is 0 Å². The van der Waals surface area contributed by atoms with Crippen LogP contribution in [0.15, 0.2) is 32.3 Å². The van der Waals surface area contributed by atoms with Gasteiger partial charge in [0, 0.05) is 23.6 Å². The third-order valence-corrected chi connectivity index (χ3v) is 7.11. The molecule has 9 nitrogen and oxygen atoms in total. The Labute approximate surface area is 199 Å². The van der Waals surface area contributed by atoms with Gasteiger partial charge in [-0.25, -0.2) is 4.79 Å². The lowest BCUT2D eigenvalue weighted by Crippen LogP contribution is -2.56. The van der Waals surface area contributed by atoms with E-state index in [9.17, 15) is 24.3 Å². The van der Waals surface area contributed by atoms with Crippen molar-refractivity contribution in [1.29, 1.82) is 0 Å². The van der Waals surface area contributed by atoms with Gasteiger partial charge in [-0.2, -0.15) is 0 Å². The molecule has 2 heterocycles. The lowest BCUT2D eigenvalue weighted by molar-refractivity contribution is -0.149. The minimum absolute atomic E-state index is 0.0340. The zero-order valence-electron chi connectivity index (χ0n) is 17.9. The molecule has 1 fully saturated rings. The fourth-order valence-electron chi connectivity index (χ4n) is 2.61. The predicted octanol–water partition coefficient (Wildman–Crippen LogP) is 1.93. The van der Waals surface area contributed by atoms with E-state index in [4.69, 9.17) is 21.7 Å². The second kappa shape index (κ2) is 11.6. The van der Waals surface area contributed by atoms with Crippen LogP contribution in [0.25, 0.3) is 0 Å². The summed E-state index contributed by atoms with van der Waals surface area (Å²) in [5.41, 5.74) is 0.231. The molecule has 0 aliphatic carbocycles. The summed E-state index contributed by atoms with van der Waals surface area (Å²) >= 11 is 7.60. The van der Waals surface area contributed by atoms with Crippen LogP contribution in [0.1, 0.15) is 27.2 Å². The van der Waals surface area contributed by atoms with E-state index >= 15 is 0 Å². The molecule has 1 saturated heterocycles. The van der Waals surface area contributed by atoms with Gasteiger partial charge in [0.25, 0.3) is 11.8 Å². The van der Waals surface area contributed by atoms with Crippen LogP contribution in [-0.4, -0.2) is 76.2 Å². The third-order valence-electron chi connectivity index (χ3n) is 4.25. The van der Waals surface area contributed by atoms with Crippen molar-refractivity contribution < 1.29 is 33.8 Å². The minimum Gasteiger partial charge on any atom is -0.463 e. The van der Waals surface area contributed by atoms with Gasteiger partial charge in [0.05, 0.1) is 10.7 Å². The van der Waals surface area contributed by atoms with Crippen molar-refractivity contribution in [2.75, 3.05) is 26.3 Å². The summed E-state index contributed by atoms with van der Waals surface area (Å²) in [5.74, 6) is -2.15. The molecule has 0 saturated carbocycles. The first-order valence-electron chi connectivity index (χ1n) is 9.72. The van der Waals surface area contributed by atoms with Crippen LogP contribution in [0.5, 0.6) is 0 Å². The first-order chi connectivity index (χ1) is 15.1. The normalized spacial score (nSPS) is 17.5. The SMILES string of the molecule is C=C(C)C(=O)OCC(O)COC(=O)CC1=CSC(=C2C(=O)N(CC)C(=S)N(CC)C2=O)S1. The average molecular weight is 501 g/mol. The van der Waals surface area contributed by atoms with E-state index in [2.05, 4.69) is 6.58 Å². The standard InChI is InChI=1S/C20H24N2O7S3/c1-5-21-16(25)15(17(26)22(6-2)20(21)30)19-31-10-13(32-19)7-14(24)28-8-12(23)9-29-18(27)11(3)4/h10,12,23H,3,5-9H2,1-2,4H3. The van der Waals surface area contributed by atoms with Gasteiger partial charge in [-0.15, -0.1) is 0 Å². The highest BCUT2D eigenvalue weighted by atomic mass is 32.2. The van der Waals surface area contributed by atoms with Crippen molar-refractivity contribution in [2.45, 2.75) is 33.3 Å². The summed E-state index contributed by atoms with van der Waals surface area (Å²) in [5, 5.41) is 11.6. The molecule has 2 rings (SSSR count). The van der Waals surface area contributed by atoms with Crippen LogP contribution in [0, 0.1) is 0 Å². The fourth-order valence-corrected chi connectivity index (χ4v) is 5.35. The van der Waals surface area contributed by atoms with Crippen molar-refractivity contribution in [1.82, 2.24) is 9.80 Å². The first kappa shape index (κ1) is 26.1. The van der Waals surface area contributed by atoms with Gasteiger partial charge in [-0.1, -0.05) is 30.1 Å². The number of hydrogen-bond donors (Lipinski definition) is 1. The van der Waals surface area contributed by atoms with Crippen LogP contribution >= 0.6 is 35.7 Å². The number of carbonyl (C=O) groups excluding carboxylic acids is 4. The van der Waals surface area contributed by atoms with Gasteiger partial charge in [0.1, 0.15) is 24.9 Å². The first-order valence-corrected chi connectivity index (χ1v) is 11.8. The summed E-state index contributed by atoms with van der Waals surface area (Å²) in [7, 11) is 0. The predicted molar refractivity (Wildman–Crippen MR) is 125 cm³/mol. The topological polar surface area (TPSA) is 113 Å². The van der Waals surface area contributed by atoms with Crippen LogP contribution in [0.4, 0.5) is 0 Å². The molecule has 1 unspecified atom stereocenters. The molecule has 2 amide bonds. The number of thioether (sulfide) groups is 2. The number of thiocarbonyl (C=S) groups is 1. The Bertz CT molecular complexity index is 885.